The third kappa shape index (κ3) is 3.81. The van der Waals surface area contributed by atoms with E-state index < -0.39 is 0 Å². The van der Waals surface area contributed by atoms with Crippen molar-refractivity contribution in [2.75, 3.05) is 0 Å². The van der Waals surface area contributed by atoms with Crippen LogP contribution in [-0.2, 0) is 0 Å². The van der Waals surface area contributed by atoms with E-state index in [-0.39, 0.29) is 12.1 Å². The maximum absolute atomic E-state index is 5.77. The van der Waals surface area contributed by atoms with Gasteiger partial charge >= 0.3 is 0 Å². The molecule has 0 saturated heterocycles. The second-order valence-electron chi connectivity index (χ2n) is 5.20. The summed E-state index contributed by atoms with van der Waals surface area (Å²) in [6, 6.07) is 7.92. The molecule has 1 aromatic carbocycles. The zero-order valence-corrected chi connectivity index (χ0v) is 14.0. The van der Waals surface area contributed by atoms with Gasteiger partial charge in [0, 0.05) is 10.7 Å². The molecule has 0 spiro atoms. The lowest BCUT2D eigenvalue weighted by Crippen LogP contribution is -2.29. The number of hydrogen-bond acceptors (Lipinski definition) is 4. The Hall–Kier alpha value is -1.43. The molecule has 2 aromatic rings. The van der Waals surface area contributed by atoms with Gasteiger partial charge in [-0.05, 0) is 43.5 Å². The lowest BCUT2D eigenvalue weighted by atomic mass is 9.99. The molecule has 3 N–H and O–H groups in total. The molecular formula is C16H20BrN3O. The molecule has 0 bridgehead atoms. The topological polar surface area (TPSA) is 60.2 Å². The molecule has 0 fully saturated rings. The smallest absolute Gasteiger partial charge is 0.138 e. The van der Waals surface area contributed by atoms with Crippen LogP contribution in [-0.4, -0.2) is 11.1 Å². The van der Waals surface area contributed by atoms with E-state index in [4.69, 9.17) is 10.6 Å². The number of halogens is 1. The molecule has 1 unspecified atom stereocenters. The minimum absolute atomic E-state index is 0.108. The third-order valence-corrected chi connectivity index (χ3v) is 4.22. The molecule has 2 rings (SSSR count). The molecular weight excluding hydrogens is 330 g/mol. The Bertz CT molecular complexity index is 616. The number of ether oxygens (including phenoxy) is 1. The molecule has 1 heterocycles. The predicted molar refractivity (Wildman–Crippen MR) is 88.0 cm³/mol. The lowest BCUT2D eigenvalue weighted by molar-refractivity contribution is 0.241. The number of hydrogen-bond donors (Lipinski definition) is 2. The van der Waals surface area contributed by atoms with E-state index in [0.717, 1.165) is 26.9 Å². The summed E-state index contributed by atoms with van der Waals surface area (Å²) < 4.78 is 6.74. The SMILES string of the molecule is Cc1cccc(C(NN)c2cncc(OC(C)C)c2)c1Br. The molecule has 0 aliphatic rings. The van der Waals surface area contributed by atoms with E-state index in [1.165, 1.54) is 0 Å². The first-order valence-electron chi connectivity index (χ1n) is 6.85. The van der Waals surface area contributed by atoms with Crippen LogP contribution >= 0.6 is 15.9 Å². The summed E-state index contributed by atoms with van der Waals surface area (Å²) in [7, 11) is 0. The number of nitrogens with one attached hydrogen (secondary N) is 1. The van der Waals surface area contributed by atoms with Crippen molar-refractivity contribution in [1.29, 1.82) is 0 Å². The fraction of sp³-hybridized carbons (Fsp3) is 0.312. The summed E-state index contributed by atoms with van der Waals surface area (Å²) in [6.07, 6.45) is 3.62. The second-order valence-corrected chi connectivity index (χ2v) is 5.99. The molecule has 4 nitrogen and oxygen atoms in total. The maximum Gasteiger partial charge on any atom is 0.138 e. The first-order valence-corrected chi connectivity index (χ1v) is 7.65. The van der Waals surface area contributed by atoms with Crippen molar-refractivity contribution < 1.29 is 4.74 Å². The number of aromatic nitrogens is 1. The highest BCUT2D eigenvalue weighted by Crippen LogP contribution is 2.31. The van der Waals surface area contributed by atoms with Crippen molar-refractivity contribution in [3.63, 3.8) is 0 Å². The Morgan fingerprint density at radius 2 is 2.05 bits per heavy atom. The summed E-state index contributed by atoms with van der Waals surface area (Å²) in [5.41, 5.74) is 6.05. The molecule has 0 aliphatic heterocycles. The van der Waals surface area contributed by atoms with Gasteiger partial charge in [-0.1, -0.05) is 34.1 Å². The number of benzene rings is 1. The van der Waals surface area contributed by atoms with Crippen LogP contribution in [0.25, 0.3) is 0 Å². The molecule has 5 heteroatoms. The number of hydrazine groups is 1. The van der Waals surface area contributed by atoms with Gasteiger partial charge < -0.3 is 4.74 Å². The van der Waals surface area contributed by atoms with Crippen molar-refractivity contribution in [1.82, 2.24) is 10.4 Å². The quantitative estimate of drug-likeness (QED) is 0.640. The molecule has 1 aromatic heterocycles. The van der Waals surface area contributed by atoms with Gasteiger partial charge in [0.1, 0.15) is 5.75 Å². The lowest BCUT2D eigenvalue weighted by Gasteiger charge is -2.20. The number of nitrogens with two attached hydrogens (primary N) is 1. The van der Waals surface area contributed by atoms with E-state index >= 15 is 0 Å². The van der Waals surface area contributed by atoms with E-state index in [0.29, 0.717) is 0 Å². The van der Waals surface area contributed by atoms with Crippen molar-refractivity contribution in [2.24, 2.45) is 5.84 Å². The van der Waals surface area contributed by atoms with Crippen molar-refractivity contribution in [3.8, 4) is 5.75 Å². The zero-order chi connectivity index (χ0) is 15.4. The van der Waals surface area contributed by atoms with Crippen LogP contribution in [0.4, 0.5) is 0 Å². The van der Waals surface area contributed by atoms with Crippen LogP contribution in [0.1, 0.15) is 36.6 Å². The van der Waals surface area contributed by atoms with Gasteiger partial charge in [0.2, 0.25) is 0 Å². The minimum atomic E-state index is -0.150. The Morgan fingerprint density at radius 1 is 1.29 bits per heavy atom. The predicted octanol–water partition coefficient (Wildman–Crippen LogP) is 3.49. The molecule has 21 heavy (non-hydrogen) atoms. The third-order valence-electron chi connectivity index (χ3n) is 3.14. The first-order chi connectivity index (χ1) is 10.0. The summed E-state index contributed by atoms with van der Waals surface area (Å²) in [5, 5.41) is 0. The number of nitrogens with zero attached hydrogens (tertiary/aromatic N) is 1. The molecule has 0 amide bonds. The van der Waals surface area contributed by atoms with Crippen LogP contribution in [0.15, 0.2) is 41.1 Å². The van der Waals surface area contributed by atoms with Crippen molar-refractivity contribution in [3.05, 3.63) is 57.8 Å². The maximum atomic E-state index is 5.77. The van der Waals surface area contributed by atoms with E-state index in [1.54, 1.807) is 12.4 Å². The Balaban J connectivity index is 2.39. The van der Waals surface area contributed by atoms with Crippen LogP contribution in [0.2, 0.25) is 0 Å². The van der Waals surface area contributed by atoms with Gasteiger partial charge in [-0.3, -0.25) is 10.8 Å². The average molecular weight is 350 g/mol. The highest BCUT2D eigenvalue weighted by Gasteiger charge is 2.17. The van der Waals surface area contributed by atoms with Gasteiger partial charge in [-0.25, -0.2) is 5.43 Å². The van der Waals surface area contributed by atoms with Gasteiger partial charge in [0.15, 0.2) is 0 Å². The molecule has 0 aliphatic carbocycles. The highest BCUT2D eigenvalue weighted by atomic mass is 79.9. The van der Waals surface area contributed by atoms with Gasteiger partial charge in [0.05, 0.1) is 18.3 Å². The Morgan fingerprint density at radius 3 is 2.71 bits per heavy atom. The van der Waals surface area contributed by atoms with Crippen LogP contribution in [0.5, 0.6) is 5.75 Å². The Labute approximate surface area is 133 Å². The van der Waals surface area contributed by atoms with Gasteiger partial charge in [0.25, 0.3) is 0 Å². The zero-order valence-electron chi connectivity index (χ0n) is 12.4. The molecule has 112 valence electrons. The molecule has 0 saturated carbocycles. The summed E-state index contributed by atoms with van der Waals surface area (Å²) >= 11 is 3.63. The van der Waals surface area contributed by atoms with Crippen LogP contribution in [0.3, 0.4) is 0 Å². The number of pyridine rings is 1. The van der Waals surface area contributed by atoms with Crippen LogP contribution < -0.4 is 16.0 Å². The number of aryl methyl sites for hydroxylation is 1. The van der Waals surface area contributed by atoms with Gasteiger partial charge in [-0.2, -0.15) is 0 Å². The molecule has 1 atom stereocenters. The largest absolute Gasteiger partial charge is 0.489 e. The standard InChI is InChI=1S/C16H20BrN3O/c1-10(2)21-13-7-12(8-19-9-13)16(20-18)14-6-4-5-11(3)15(14)17/h4-10,16,20H,18H2,1-3H3. The van der Waals surface area contributed by atoms with Crippen molar-refractivity contribution in [2.45, 2.75) is 32.9 Å². The summed E-state index contributed by atoms with van der Waals surface area (Å²) in [6.45, 7) is 6.03. The van der Waals surface area contributed by atoms with E-state index in [9.17, 15) is 0 Å². The summed E-state index contributed by atoms with van der Waals surface area (Å²) in [4.78, 5) is 4.25. The summed E-state index contributed by atoms with van der Waals surface area (Å²) in [5.74, 6) is 6.51. The monoisotopic (exact) mass is 349 g/mol. The number of rotatable bonds is 5. The average Bonchev–Trinajstić information content (AvgIpc) is 2.44. The first kappa shape index (κ1) is 15.9. The minimum Gasteiger partial charge on any atom is -0.489 e. The fourth-order valence-corrected chi connectivity index (χ4v) is 2.68. The fourth-order valence-electron chi connectivity index (χ4n) is 2.19. The van der Waals surface area contributed by atoms with Crippen LogP contribution in [0, 0.1) is 6.92 Å². The molecule has 0 radical (unpaired) electrons. The normalized spacial score (nSPS) is 12.5. The van der Waals surface area contributed by atoms with E-state index in [2.05, 4.69) is 39.3 Å². The highest BCUT2D eigenvalue weighted by molar-refractivity contribution is 9.10. The Kier molecular flexibility index (Phi) is 5.33. The van der Waals surface area contributed by atoms with E-state index in [1.807, 2.05) is 32.0 Å². The van der Waals surface area contributed by atoms with Crippen molar-refractivity contribution >= 4 is 15.9 Å². The van der Waals surface area contributed by atoms with Gasteiger partial charge in [-0.15, -0.1) is 0 Å². The second kappa shape index (κ2) is 7.02.